The second-order valence-corrected chi connectivity index (χ2v) is 3.38. The molecule has 0 aliphatic rings. The molecule has 1 aromatic rings. The first-order valence-corrected chi connectivity index (χ1v) is 4.57. The Balaban J connectivity index is 3.61. The summed E-state index contributed by atoms with van der Waals surface area (Å²) in [5.41, 5.74) is -3.62. The van der Waals surface area contributed by atoms with Crippen LogP contribution in [-0.4, -0.2) is 12.2 Å². The third-order valence-electron chi connectivity index (χ3n) is 2.15. The molecule has 0 amide bonds. The van der Waals surface area contributed by atoms with Gasteiger partial charge in [0.25, 0.3) is 0 Å². The normalized spacial score (nSPS) is 12.7. The minimum atomic E-state index is -5.00. The number of aliphatic hydroxyl groups is 1. The van der Waals surface area contributed by atoms with Crippen LogP contribution < -0.4 is 4.74 Å². The molecule has 0 bridgehead atoms. The summed E-state index contributed by atoms with van der Waals surface area (Å²) in [5.74, 6) is -1.30. The molecular weight excluding hydrogens is 266 g/mol. The Kier molecular flexibility index (Phi) is 3.80. The minimum absolute atomic E-state index is 0.425. The summed E-state index contributed by atoms with van der Waals surface area (Å²) >= 11 is 0. The van der Waals surface area contributed by atoms with Crippen LogP contribution in [0.4, 0.5) is 26.3 Å². The van der Waals surface area contributed by atoms with E-state index < -0.39 is 41.4 Å². The van der Waals surface area contributed by atoms with E-state index >= 15 is 0 Å². The van der Waals surface area contributed by atoms with Gasteiger partial charge in [-0.1, -0.05) is 0 Å². The van der Waals surface area contributed by atoms with Crippen molar-refractivity contribution in [2.24, 2.45) is 0 Å². The molecule has 0 fully saturated rings. The topological polar surface area (TPSA) is 29.5 Å². The van der Waals surface area contributed by atoms with Gasteiger partial charge in [0, 0.05) is 0 Å². The zero-order valence-electron chi connectivity index (χ0n) is 8.99. The number of ether oxygens (including phenoxy) is 1. The maximum Gasteiger partial charge on any atom is 0.419 e. The molecule has 0 radical (unpaired) electrons. The third-order valence-corrected chi connectivity index (χ3v) is 2.15. The van der Waals surface area contributed by atoms with Crippen LogP contribution >= 0.6 is 0 Å². The molecule has 0 aliphatic heterocycles. The Bertz CT molecular complexity index is 400. The number of alkyl halides is 6. The SMILES string of the molecule is COc1c(C(F)(F)F)cc(CO)cc1C(F)(F)F. The van der Waals surface area contributed by atoms with E-state index in [-0.39, 0.29) is 0 Å². The van der Waals surface area contributed by atoms with Gasteiger partial charge in [0.15, 0.2) is 0 Å². The van der Waals surface area contributed by atoms with Gasteiger partial charge in [-0.2, -0.15) is 26.3 Å². The summed E-state index contributed by atoms with van der Waals surface area (Å²) in [6.45, 7) is -0.934. The molecule has 0 heterocycles. The van der Waals surface area contributed by atoms with Crippen LogP contribution in [0.2, 0.25) is 0 Å². The van der Waals surface area contributed by atoms with E-state index in [2.05, 4.69) is 4.74 Å². The van der Waals surface area contributed by atoms with Crippen molar-refractivity contribution in [3.63, 3.8) is 0 Å². The highest BCUT2D eigenvalue weighted by Gasteiger charge is 2.42. The molecule has 0 atom stereocenters. The summed E-state index contributed by atoms with van der Waals surface area (Å²) < 4.78 is 79.8. The Morgan fingerprint density at radius 2 is 1.39 bits per heavy atom. The average molecular weight is 274 g/mol. The van der Waals surface area contributed by atoms with Crippen LogP contribution in [0.25, 0.3) is 0 Å². The van der Waals surface area contributed by atoms with E-state index in [9.17, 15) is 26.3 Å². The van der Waals surface area contributed by atoms with Gasteiger partial charge in [0.05, 0.1) is 24.8 Å². The van der Waals surface area contributed by atoms with Crippen LogP contribution in [0.15, 0.2) is 12.1 Å². The number of halogens is 6. The lowest BCUT2D eigenvalue weighted by Gasteiger charge is -2.18. The molecule has 1 N–H and O–H groups in total. The van der Waals surface area contributed by atoms with Gasteiger partial charge in [-0.05, 0) is 17.7 Å². The third kappa shape index (κ3) is 2.87. The molecule has 0 aliphatic carbocycles. The Morgan fingerprint density at radius 1 is 1.00 bits per heavy atom. The average Bonchev–Trinajstić information content (AvgIpc) is 2.24. The van der Waals surface area contributed by atoms with Crippen molar-refractivity contribution < 1.29 is 36.2 Å². The van der Waals surface area contributed by atoms with Crippen molar-refractivity contribution in [1.29, 1.82) is 0 Å². The number of hydrogen-bond acceptors (Lipinski definition) is 2. The number of aliphatic hydroxyl groups excluding tert-OH is 1. The lowest BCUT2D eigenvalue weighted by molar-refractivity contribution is -0.145. The quantitative estimate of drug-likeness (QED) is 0.839. The van der Waals surface area contributed by atoms with Crippen molar-refractivity contribution in [1.82, 2.24) is 0 Å². The molecule has 0 spiro atoms. The smallest absolute Gasteiger partial charge is 0.419 e. The second kappa shape index (κ2) is 4.68. The highest BCUT2D eigenvalue weighted by atomic mass is 19.4. The summed E-state index contributed by atoms with van der Waals surface area (Å²) in [5, 5.41) is 8.71. The van der Waals surface area contributed by atoms with E-state index in [0.717, 1.165) is 7.11 Å². The van der Waals surface area contributed by atoms with Gasteiger partial charge in [-0.3, -0.25) is 0 Å². The summed E-state index contributed by atoms with van der Waals surface area (Å²) in [7, 11) is 0.721. The molecule has 102 valence electrons. The number of hydrogen-bond donors (Lipinski definition) is 1. The lowest BCUT2D eigenvalue weighted by Crippen LogP contribution is -2.15. The van der Waals surface area contributed by atoms with Gasteiger partial charge in [-0.15, -0.1) is 0 Å². The Morgan fingerprint density at radius 3 is 1.61 bits per heavy atom. The second-order valence-electron chi connectivity index (χ2n) is 3.38. The molecule has 2 nitrogen and oxygen atoms in total. The highest BCUT2D eigenvalue weighted by molar-refractivity contribution is 5.47. The van der Waals surface area contributed by atoms with Crippen molar-refractivity contribution >= 4 is 0 Å². The molecule has 18 heavy (non-hydrogen) atoms. The molecule has 0 saturated carbocycles. The first-order chi connectivity index (χ1) is 8.11. The predicted molar refractivity (Wildman–Crippen MR) is 48.9 cm³/mol. The van der Waals surface area contributed by atoms with E-state index in [1.165, 1.54) is 0 Å². The van der Waals surface area contributed by atoms with Gasteiger partial charge in [0.1, 0.15) is 5.75 Å². The maximum absolute atomic E-state index is 12.6. The van der Waals surface area contributed by atoms with Crippen LogP contribution in [0.3, 0.4) is 0 Å². The van der Waals surface area contributed by atoms with Gasteiger partial charge in [-0.25, -0.2) is 0 Å². The number of rotatable bonds is 2. The van der Waals surface area contributed by atoms with Crippen molar-refractivity contribution in [3.05, 3.63) is 28.8 Å². The van der Waals surface area contributed by atoms with Gasteiger partial charge >= 0.3 is 12.4 Å². The number of benzene rings is 1. The predicted octanol–water partition coefficient (Wildman–Crippen LogP) is 3.23. The highest BCUT2D eigenvalue weighted by Crippen LogP contribution is 2.44. The molecule has 0 aromatic heterocycles. The molecule has 0 saturated heterocycles. The van der Waals surface area contributed by atoms with Crippen LogP contribution in [0, 0.1) is 0 Å². The van der Waals surface area contributed by atoms with Crippen molar-refractivity contribution in [2.45, 2.75) is 19.0 Å². The zero-order valence-corrected chi connectivity index (χ0v) is 8.99. The lowest BCUT2D eigenvalue weighted by atomic mass is 10.0. The molecule has 8 heteroatoms. The molecule has 1 aromatic carbocycles. The monoisotopic (exact) mass is 274 g/mol. The molecule has 0 unspecified atom stereocenters. The van der Waals surface area contributed by atoms with Crippen LogP contribution in [0.5, 0.6) is 5.75 Å². The van der Waals surface area contributed by atoms with Crippen LogP contribution in [0.1, 0.15) is 16.7 Å². The molecular formula is C10H8F6O2. The largest absolute Gasteiger partial charge is 0.495 e. The van der Waals surface area contributed by atoms with E-state index in [1.54, 1.807) is 0 Å². The Labute approximate surface area is 97.8 Å². The van der Waals surface area contributed by atoms with E-state index in [0.29, 0.717) is 12.1 Å². The first-order valence-electron chi connectivity index (χ1n) is 4.57. The standard InChI is InChI=1S/C10H8F6O2/c1-18-8-6(9(11,12)13)2-5(4-17)3-7(8)10(14,15)16/h2-3,17H,4H2,1H3. The maximum atomic E-state index is 12.6. The minimum Gasteiger partial charge on any atom is -0.495 e. The fourth-order valence-electron chi connectivity index (χ4n) is 1.42. The van der Waals surface area contributed by atoms with Crippen molar-refractivity contribution in [2.75, 3.05) is 7.11 Å². The van der Waals surface area contributed by atoms with Gasteiger partial charge < -0.3 is 9.84 Å². The number of methoxy groups -OCH3 is 1. The molecule has 1 rings (SSSR count). The zero-order chi connectivity index (χ0) is 14.1. The summed E-state index contributed by atoms with van der Waals surface area (Å²) in [6.07, 6.45) is -10.0. The van der Waals surface area contributed by atoms with Crippen LogP contribution in [-0.2, 0) is 19.0 Å². The fraction of sp³-hybridized carbons (Fsp3) is 0.400. The fourth-order valence-corrected chi connectivity index (χ4v) is 1.42. The summed E-state index contributed by atoms with van der Waals surface area (Å²) in [6, 6.07) is 0.849. The van der Waals surface area contributed by atoms with E-state index in [1.807, 2.05) is 0 Å². The van der Waals surface area contributed by atoms with Crippen molar-refractivity contribution in [3.8, 4) is 5.75 Å². The van der Waals surface area contributed by atoms with E-state index in [4.69, 9.17) is 5.11 Å². The first kappa shape index (κ1) is 14.6. The summed E-state index contributed by atoms with van der Waals surface area (Å²) in [4.78, 5) is 0. The Hall–Kier alpha value is -1.44. The van der Waals surface area contributed by atoms with Gasteiger partial charge in [0.2, 0.25) is 0 Å².